The second-order valence-corrected chi connectivity index (χ2v) is 2.93. The molecule has 0 aromatic carbocycles. The molecular formula is C9H7N3O4. The molecule has 2 radical (unpaired) electrons. The Morgan fingerprint density at radius 1 is 1.75 bits per heavy atom. The van der Waals surface area contributed by atoms with Gasteiger partial charge in [-0.3, -0.25) is 10.1 Å². The van der Waals surface area contributed by atoms with Crippen LogP contribution in [0.5, 0.6) is 0 Å². The minimum Gasteiger partial charge on any atom is -0.449 e. The van der Waals surface area contributed by atoms with Crippen LogP contribution in [0.4, 0.5) is 0 Å². The Labute approximate surface area is 90.8 Å². The fraction of sp³-hybridized carbons (Fsp3) is 0.222. The molecule has 7 nitrogen and oxygen atoms in total. The zero-order valence-corrected chi connectivity index (χ0v) is 8.12. The van der Waals surface area contributed by atoms with E-state index in [0.29, 0.717) is 0 Å². The molecule has 0 saturated heterocycles. The molecule has 1 aliphatic rings. The Kier molecular flexibility index (Phi) is 3.68. The van der Waals surface area contributed by atoms with Crippen molar-refractivity contribution >= 4 is 12.2 Å². The fourth-order valence-corrected chi connectivity index (χ4v) is 1.25. The smallest absolute Gasteiger partial charge is 0.418 e. The van der Waals surface area contributed by atoms with Crippen LogP contribution in [0.15, 0.2) is 23.4 Å². The van der Waals surface area contributed by atoms with Crippen LogP contribution in [0, 0.1) is 17.0 Å². The van der Waals surface area contributed by atoms with Gasteiger partial charge in [0.05, 0.1) is 16.9 Å². The summed E-state index contributed by atoms with van der Waals surface area (Å²) in [6, 6.07) is 0. The number of allylic oxidation sites excluding steroid dienone is 2. The third-order valence-corrected chi connectivity index (χ3v) is 2.01. The van der Waals surface area contributed by atoms with E-state index >= 15 is 0 Å². The molecule has 0 fully saturated rings. The SMILES string of the molecule is [CH2]C(O[C]=O)C1=CC([N+](=O)[O-])=CCC1=[N+]=[N-]. The predicted molar refractivity (Wildman–Crippen MR) is 52.3 cm³/mol. The van der Waals surface area contributed by atoms with Crippen LogP contribution in [-0.4, -0.2) is 28.0 Å². The van der Waals surface area contributed by atoms with Crippen LogP contribution >= 0.6 is 0 Å². The Bertz CT molecular complexity index is 432. The van der Waals surface area contributed by atoms with Crippen LogP contribution < -0.4 is 0 Å². The molecule has 1 unspecified atom stereocenters. The van der Waals surface area contributed by atoms with Gasteiger partial charge < -0.3 is 10.3 Å². The summed E-state index contributed by atoms with van der Waals surface area (Å²) in [5, 5.41) is 10.5. The first-order valence-electron chi connectivity index (χ1n) is 4.23. The monoisotopic (exact) mass is 221 g/mol. The normalized spacial score (nSPS) is 16.7. The van der Waals surface area contributed by atoms with Crippen molar-refractivity contribution in [3.63, 3.8) is 0 Å². The summed E-state index contributed by atoms with van der Waals surface area (Å²) >= 11 is 0. The summed E-state index contributed by atoms with van der Waals surface area (Å²) in [6.07, 6.45) is 1.52. The zero-order valence-electron chi connectivity index (χ0n) is 8.12. The summed E-state index contributed by atoms with van der Waals surface area (Å²) in [4.78, 5) is 22.9. The van der Waals surface area contributed by atoms with Crippen molar-refractivity contribution in [2.75, 3.05) is 0 Å². The summed E-state index contributed by atoms with van der Waals surface area (Å²) in [5.41, 5.74) is 8.86. The van der Waals surface area contributed by atoms with Crippen molar-refractivity contribution in [1.82, 2.24) is 0 Å². The highest BCUT2D eigenvalue weighted by atomic mass is 16.6. The highest BCUT2D eigenvalue weighted by Gasteiger charge is 2.29. The first kappa shape index (κ1) is 11.8. The summed E-state index contributed by atoms with van der Waals surface area (Å²) < 4.78 is 4.41. The third-order valence-electron chi connectivity index (χ3n) is 2.01. The molecule has 0 amide bonds. The number of ether oxygens (including phenoxy) is 1. The lowest BCUT2D eigenvalue weighted by atomic mass is 9.97. The molecule has 1 rings (SSSR count). The minimum atomic E-state index is -0.993. The first-order valence-corrected chi connectivity index (χ1v) is 4.23. The van der Waals surface area contributed by atoms with Crippen molar-refractivity contribution in [3.05, 3.63) is 46.0 Å². The van der Waals surface area contributed by atoms with E-state index in [1.165, 1.54) is 12.5 Å². The van der Waals surface area contributed by atoms with E-state index in [9.17, 15) is 14.9 Å². The first-order chi connectivity index (χ1) is 7.60. The molecule has 0 aromatic rings. The van der Waals surface area contributed by atoms with E-state index in [4.69, 9.17) is 5.53 Å². The van der Waals surface area contributed by atoms with E-state index in [1.54, 1.807) is 0 Å². The third kappa shape index (κ3) is 2.40. The molecule has 0 N–H and O–H groups in total. The number of rotatable bonds is 4. The summed E-state index contributed by atoms with van der Waals surface area (Å²) in [6.45, 7) is 4.62. The van der Waals surface area contributed by atoms with Crippen LogP contribution in [0.1, 0.15) is 6.42 Å². The van der Waals surface area contributed by atoms with E-state index in [0.717, 1.165) is 6.08 Å². The molecule has 0 aliphatic heterocycles. The second-order valence-electron chi connectivity index (χ2n) is 2.93. The van der Waals surface area contributed by atoms with Gasteiger partial charge in [0, 0.05) is 12.2 Å². The molecule has 82 valence electrons. The van der Waals surface area contributed by atoms with Gasteiger partial charge in [-0.25, -0.2) is 4.79 Å². The van der Waals surface area contributed by atoms with Crippen molar-refractivity contribution in [1.29, 1.82) is 0 Å². The highest BCUT2D eigenvalue weighted by molar-refractivity contribution is 5.99. The molecular weight excluding hydrogens is 214 g/mol. The Morgan fingerprint density at radius 3 is 2.94 bits per heavy atom. The van der Waals surface area contributed by atoms with Crippen LogP contribution in [0.2, 0.25) is 0 Å². The molecule has 0 saturated carbocycles. The van der Waals surface area contributed by atoms with Gasteiger partial charge in [-0.1, -0.05) is 0 Å². The van der Waals surface area contributed by atoms with Crippen LogP contribution in [-0.2, 0) is 9.53 Å². The maximum absolute atomic E-state index is 10.5. The molecule has 7 heteroatoms. The highest BCUT2D eigenvalue weighted by Crippen LogP contribution is 2.18. The molecule has 0 heterocycles. The molecule has 1 atom stereocenters. The number of nitro groups is 1. The fourth-order valence-electron chi connectivity index (χ4n) is 1.25. The van der Waals surface area contributed by atoms with Crippen LogP contribution in [0.3, 0.4) is 0 Å². The second kappa shape index (κ2) is 4.99. The average Bonchev–Trinajstić information content (AvgIpc) is 2.28. The van der Waals surface area contributed by atoms with Gasteiger partial charge in [0.25, 0.3) is 5.70 Å². The number of hydrogen-bond acceptors (Lipinski definition) is 4. The quantitative estimate of drug-likeness (QED) is 0.297. The topological polar surface area (TPSA) is 106 Å². The minimum absolute atomic E-state index is 0.0763. The Morgan fingerprint density at radius 2 is 2.44 bits per heavy atom. The van der Waals surface area contributed by atoms with Gasteiger partial charge in [-0.2, -0.15) is 4.79 Å². The van der Waals surface area contributed by atoms with E-state index in [-0.39, 0.29) is 23.4 Å². The number of carbonyl (C=O) groups excluding carboxylic acids is 1. The zero-order chi connectivity index (χ0) is 12.1. The van der Waals surface area contributed by atoms with Crippen molar-refractivity contribution in [2.45, 2.75) is 12.5 Å². The van der Waals surface area contributed by atoms with Gasteiger partial charge in [0.15, 0.2) is 0 Å². The predicted octanol–water partition coefficient (Wildman–Crippen LogP) is 0.434. The van der Waals surface area contributed by atoms with Crippen LogP contribution in [0.25, 0.3) is 5.53 Å². The maximum Gasteiger partial charge on any atom is 0.418 e. The maximum atomic E-state index is 10.5. The Balaban J connectivity index is 3.07. The van der Waals surface area contributed by atoms with Gasteiger partial charge in [-0.05, 0) is 6.92 Å². The van der Waals surface area contributed by atoms with Crippen molar-refractivity contribution < 1.29 is 19.2 Å². The summed E-state index contributed by atoms with van der Waals surface area (Å²) in [7, 11) is 0. The van der Waals surface area contributed by atoms with E-state index in [1.807, 2.05) is 0 Å². The lowest BCUT2D eigenvalue weighted by molar-refractivity contribution is -0.419. The van der Waals surface area contributed by atoms with Gasteiger partial charge in [-0.15, -0.1) is 0 Å². The van der Waals surface area contributed by atoms with Gasteiger partial charge >= 0.3 is 12.2 Å². The molecule has 0 bridgehead atoms. The lowest BCUT2D eigenvalue weighted by Crippen LogP contribution is -2.22. The summed E-state index contributed by atoms with van der Waals surface area (Å²) in [5.74, 6) is 0. The molecule has 0 spiro atoms. The van der Waals surface area contributed by atoms with Gasteiger partial charge in [0.2, 0.25) is 0 Å². The Hall–Kier alpha value is -2.27. The molecule has 16 heavy (non-hydrogen) atoms. The number of hydrogen-bond donors (Lipinski definition) is 0. The standard InChI is InChI=1S/C9H7N3O4/c1-6(16-5-13)8-4-7(12(14)15)2-3-9(8)11-10/h2,4,6H,1,3H2. The molecule has 0 aromatic heterocycles. The van der Waals surface area contributed by atoms with Gasteiger partial charge in [0.1, 0.15) is 6.10 Å². The van der Waals surface area contributed by atoms with E-state index in [2.05, 4.69) is 16.5 Å². The number of nitrogens with zero attached hydrogens (tertiary/aromatic N) is 3. The van der Waals surface area contributed by atoms with Crippen molar-refractivity contribution in [2.24, 2.45) is 0 Å². The molecule has 1 aliphatic carbocycles. The van der Waals surface area contributed by atoms with E-state index < -0.39 is 11.0 Å². The van der Waals surface area contributed by atoms with Crippen molar-refractivity contribution in [3.8, 4) is 0 Å². The lowest BCUT2D eigenvalue weighted by Gasteiger charge is -2.11. The average molecular weight is 221 g/mol. The largest absolute Gasteiger partial charge is 0.449 e.